The van der Waals surface area contributed by atoms with Crippen molar-refractivity contribution in [2.45, 2.75) is 19.8 Å². The molecule has 0 N–H and O–H groups in total. The van der Waals surface area contributed by atoms with Gasteiger partial charge in [0.1, 0.15) is 0 Å². The molecule has 0 atom stereocenters. The molecule has 1 aromatic rings. The van der Waals surface area contributed by atoms with Gasteiger partial charge in [-0.1, -0.05) is 13.3 Å². The molecule has 2 heteroatoms. The van der Waals surface area contributed by atoms with Crippen molar-refractivity contribution in [1.29, 1.82) is 0 Å². The first-order valence-electron chi connectivity index (χ1n) is 3.32. The van der Waals surface area contributed by atoms with E-state index in [4.69, 9.17) is 0 Å². The Bertz CT molecular complexity index is 162. The largest absolute Gasteiger partial charge is 0.265 e. The second kappa shape index (κ2) is 5.42. The predicted molar refractivity (Wildman–Crippen MR) is 48.6 cm³/mol. The summed E-state index contributed by atoms with van der Waals surface area (Å²) in [4.78, 5) is 3.93. The molecule has 0 fully saturated rings. The molecule has 1 heterocycles. The van der Waals surface area contributed by atoms with Gasteiger partial charge in [-0.2, -0.15) is 0 Å². The molecular weight excluding hydrogens is 190 g/mol. The van der Waals surface area contributed by atoms with E-state index >= 15 is 0 Å². The third-order valence-electron chi connectivity index (χ3n) is 1.29. The minimum absolute atomic E-state index is 0. The van der Waals surface area contributed by atoms with E-state index in [2.05, 4.69) is 24.0 Å². The van der Waals surface area contributed by atoms with Crippen molar-refractivity contribution >= 4 is 17.0 Å². The van der Waals surface area contributed by atoms with Crippen molar-refractivity contribution in [2.75, 3.05) is 0 Å². The lowest BCUT2D eigenvalue weighted by Gasteiger charge is -1.93. The SMILES string of the molecule is Br.CCCc1ccncc1. The molecule has 1 aromatic heterocycles. The first-order valence-corrected chi connectivity index (χ1v) is 3.32. The summed E-state index contributed by atoms with van der Waals surface area (Å²) in [5.74, 6) is 0. The van der Waals surface area contributed by atoms with Crippen LogP contribution in [0.25, 0.3) is 0 Å². The average molecular weight is 202 g/mol. The minimum Gasteiger partial charge on any atom is -0.265 e. The number of aryl methyl sites for hydroxylation is 1. The zero-order chi connectivity index (χ0) is 6.53. The summed E-state index contributed by atoms with van der Waals surface area (Å²) in [6, 6.07) is 4.12. The molecular formula is C8H12BrN. The summed E-state index contributed by atoms with van der Waals surface area (Å²) >= 11 is 0. The zero-order valence-electron chi connectivity index (χ0n) is 6.08. The Balaban J connectivity index is 0.000000810. The standard InChI is InChI=1S/C8H11N.BrH/c1-2-3-8-4-6-9-7-5-8;/h4-7H,2-3H2,1H3;1H. The Morgan fingerprint density at radius 3 is 2.40 bits per heavy atom. The Labute approximate surface area is 72.3 Å². The average Bonchev–Trinajstić information content (AvgIpc) is 1.91. The van der Waals surface area contributed by atoms with E-state index < -0.39 is 0 Å². The van der Waals surface area contributed by atoms with Gasteiger partial charge in [-0.05, 0) is 24.1 Å². The Morgan fingerprint density at radius 1 is 1.30 bits per heavy atom. The third-order valence-corrected chi connectivity index (χ3v) is 1.29. The lowest BCUT2D eigenvalue weighted by atomic mass is 10.2. The first-order chi connectivity index (χ1) is 4.43. The highest BCUT2D eigenvalue weighted by molar-refractivity contribution is 8.93. The smallest absolute Gasteiger partial charge is 0.0270 e. The summed E-state index contributed by atoms with van der Waals surface area (Å²) in [7, 11) is 0. The van der Waals surface area contributed by atoms with Crippen molar-refractivity contribution in [1.82, 2.24) is 4.98 Å². The van der Waals surface area contributed by atoms with Crippen molar-refractivity contribution in [3.8, 4) is 0 Å². The van der Waals surface area contributed by atoms with Crippen molar-refractivity contribution in [3.63, 3.8) is 0 Å². The van der Waals surface area contributed by atoms with Crippen LogP contribution in [0.15, 0.2) is 24.5 Å². The van der Waals surface area contributed by atoms with Crippen molar-refractivity contribution < 1.29 is 0 Å². The topological polar surface area (TPSA) is 12.9 Å². The Kier molecular flexibility index (Phi) is 5.22. The Hall–Kier alpha value is -0.370. The summed E-state index contributed by atoms with van der Waals surface area (Å²) in [5, 5.41) is 0. The summed E-state index contributed by atoms with van der Waals surface area (Å²) in [6.45, 7) is 2.18. The monoisotopic (exact) mass is 201 g/mol. The molecule has 0 amide bonds. The molecule has 0 aliphatic heterocycles. The molecule has 0 unspecified atom stereocenters. The minimum atomic E-state index is 0. The molecule has 0 radical (unpaired) electrons. The van der Waals surface area contributed by atoms with Crippen LogP contribution in [0.1, 0.15) is 18.9 Å². The van der Waals surface area contributed by atoms with Gasteiger partial charge in [0.05, 0.1) is 0 Å². The molecule has 1 rings (SSSR count). The number of rotatable bonds is 2. The highest BCUT2D eigenvalue weighted by Gasteiger charge is 1.85. The molecule has 0 aromatic carbocycles. The van der Waals surface area contributed by atoms with Gasteiger partial charge in [0.25, 0.3) is 0 Å². The first kappa shape index (κ1) is 9.63. The lowest BCUT2D eigenvalue weighted by molar-refractivity contribution is 0.918. The van der Waals surface area contributed by atoms with Gasteiger partial charge >= 0.3 is 0 Å². The fourth-order valence-corrected chi connectivity index (χ4v) is 0.838. The van der Waals surface area contributed by atoms with Crippen LogP contribution in [0.4, 0.5) is 0 Å². The fraction of sp³-hybridized carbons (Fsp3) is 0.375. The maximum Gasteiger partial charge on any atom is 0.0270 e. The van der Waals surface area contributed by atoms with Crippen LogP contribution in [-0.2, 0) is 6.42 Å². The van der Waals surface area contributed by atoms with Gasteiger partial charge in [-0.25, -0.2) is 0 Å². The number of halogens is 1. The van der Waals surface area contributed by atoms with Crippen LogP contribution in [-0.4, -0.2) is 4.98 Å². The van der Waals surface area contributed by atoms with E-state index in [-0.39, 0.29) is 17.0 Å². The summed E-state index contributed by atoms with van der Waals surface area (Å²) in [6.07, 6.45) is 6.06. The van der Waals surface area contributed by atoms with Crippen LogP contribution in [0.3, 0.4) is 0 Å². The second-order valence-corrected chi connectivity index (χ2v) is 2.11. The normalized spacial score (nSPS) is 8.50. The highest BCUT2D eigenvalue weighted by atomic mass is 79.9. The third kappa shape index (κ3) is 2.97. The highest BCUT2D eigenvalue weighted by Crippen LogP contribution is 1.98. The van der Waals surface area contributed by atoms with Gasteiger partial charge in [0.2, 0.25) is 0 Å². The second-order valence-electron chi connectivity index (χ2n) is 2.11. The number of aromatic nitrogens is 1. The molecule has 1 nitrogen and oxygen atoms in total. The molecule has 0 spiro atoms. The number of nitrogens with zero attached hydrogens (tertiary/aromatic N) is 1. The number of pyridine rings is 1. The summed E-state index contributed by atoms with van der Waals surface area (Å²) in [5.41, 5.74) is 1.38. The van der Waals surface area contributed by atoms with Crippen molar-refractivity contribution in [2.24, 2.45) is 0 Å². The van der Waals surface area contributed by atoms with Crippen LogP contribution >= 0.6 is 17.0 Å². The van der Waals surface area contributed by atoms with E-state index in [0.717, 1.165) is 0 Å². The van der Waals surface area contributed by atoms with Crippen LogP contribution in [0, 0.1) is 0 Å². The van der Waals surface area contributed by atoms with E-state index in [0.29, 0.717) is 0 Å². The molecule has 10 heavy (non-hydrogen) atoms. The van der Waals surface area contributed by atoms with Crippen molar-refractivity contribution in [3.05, 3.63) is 30.1 Å². The van der Waals surface area contributed by atoms with Gasteiger partial charge in [-0.15, -0.1) is 17.0 Å². The fourth-order valence-electron chi connectivity index (χ4n) is 0.838. The van der Waals surface area contributed by atoms with E-state index in [1.54, 1.807) is 0 Å². The van der Waals surface area contributed by atoms with E-state index in [1.165, 1.54) is 18.4 Å². The maximum atomic E-state index is 3.93. The molecule has 0 saturated heterocycles. The van der Waals surface area contributed by atoms with E-state index in [9.17, 15) is 0 Å². The number of hydrogen-bond acceptors (Lipinski definition) is 1. The summed E-state index contributed by atoms with van der Waals surface area (Å²) < 4.78 is 0. The van der Waals surface area contributed by atoms with E-state index in [1.807, 2.05) is 12.4 Å². The van der Waals surface area contributed by atoms with Crippen LogP contribution in [0.5, 0.6) is 0 Å². The zero-order valence-corrected chi connectivity index (χ0v) is 7.79. The molecule has 0 saturated carbocycles. The quantitative estimate of drug-likeness (QED) is 0.718. The Morgan fingerprint density at radius 2 is 1.90 bits per heavy atom. The van der Waals surface area contributed by atoms with Gasteiger partial charge in [-0.3, -0.25) is 4.98 Å². The molecule has 56 valence electrons. The van der Waals surface area contributed by atoms with Crippen LogP contribution < -0.4 is 0 Å². The van der Waals surface area contributed by atoms with Gasteiger partial charge < -0.3 is 0 Å². The molecule has 0 aliphatic carbocycles. The molecule has 0 aliphatic rings. The van der Waals surface area contributed by atoms with Gasteiger partial charge in [0.15, 0.2) is 0 Å². The number of hydrogen-bond donors (Lipinski definition) is 0. The lowest BCUT2D eigenvalue weighted by Crippen LogP contribution is -1.80. The van der Waals surface area contributed by atoms with Gasteiger partial charge in [0, 0.05) is 12.4 Å². The predicted octanol–water partition coefficient (Wildman–Crippen LogP) is 2.61. The maximum absolute atomic E-state index is 3.93. The molecule has 0 bridgehead atoms. The van der Waals surface area contributed by atoms with Crippen LogP contribution in [0.2, 0.25) is 0 Å².